The number of anilines is 2. The van der Waals surface area contributed by atoms with Gasteiger partial charge in [0.2, 0.25) is 5.91 Å². The summed E-state index contributed by atoms with van der Waals surface area (Å²) in [4.78, 5) is 37.6. The number of benzene rings is 2. The first-order valence-electron chi connectivity index (χ1n) is 12.0. The van der Waals surface area contributed by atoms with Gasteiger partial charge in [0.15, 0.2) is 5.65 Å². The Balaban J connectivity index is 1.41. The van der Waals surface area contributed by atoms with Crippen LogP contribution in [0, 0.1) is 0 Å². The molecule has 9 nitrogen and oxygen atoms in total. The first-order valence-corrected chi connectivity index (χ1v) is 12.0. The standard InChI is InChI=1S/C27H25N7O2/c1-2-22(35)32-12-6-9-20(15-32)34-26-23(25(28)29-16-30-26)24(31-34)17-10-11-21-18(13-17)14-33(27(21)36)19-7-4-3-5-8-19/h2-5,7-8,10-11,13,16,20H,1,6,9,12,14-15H2,(H2,28,29,30)/t20-/m1/s1. The van der Waals surface area contributed by atoms with Crippen LogP contribution in [0.25, 0.3) is 22.3 Å². The van der Waals surface area contributed by atoms with Crippen molar-refractivity contribution in [1.29, 1.82) is 0 Å². The molecule has 2 aliphatic rings. The Kier molecular flexibility index (Phi) is 5.25. The summed E-state index contributed by atoms with van der Waals surface area (Å²) in [5.41, 5.74) is 11.0. The highest BCUT2D eigenvalue weighted by atomic mass is 16.2. The summed E-state index contributed by atoms with van der Waals surface area (Å²) in [5, 5.41) is 5.63. The Morgan fingerprint density at radius 3 is 2.78 bits per heavy atom. The molecule has 180 valence electrons. The molecule has 0 saturated carbocycles. The maximum absolute atomic E-state index is 13.1. The van der Waals surface area contributed by atoms with E-state index in [1.807, 2.05) is 53.2 Å². The molecular formula is C27H25N7O2. The van der Waals surface area contributed by atoms with Crippen LogP contribution in [-0.4, -0.2) is 49.6 Å². The van der Waals surface area contributed by atoms with Crippen LogP contribution in [0.2, 0.25) is 0 Å². The van der Waals surface area contributed by atoms with E-state index in [-0.39, 0.29) is 17.9 Å². The number of carbonyl (C=O) groups excluding carboxylic acids is 2. The molecule has 2 aliphatic heterocycles. The highest BCUT2D eigenvalue weighted by molar-refractivity contribution is 6.10. The fourth-order valence-corrected chi connectivity index (χ4v) is 5.22. The fraction of sp³-hybridized carbons (Fsp3) is 0.222. The lowest BCUT2D eigenvalue weighted by atomic mass is 10.0. The number of nitrogens with zero attached hydrogens (tertiary/aromatic N) is 6. The molecule has 1 fully saturated rings. The van der Waals surface area contributed by atoms with Crippen molar-refractivity contribution in [2.24, 2.45) is 0 Å². The quantitative estimate of drug-likeness (QED) is 0.448. The van der Waals surface area contributed by atoms with Gasteiger partial charge in [0.05, 0.1) is 18.0 Å². The van der Waals surface area contributed by atoms with Gasteiger partial charge in [-0.05, 0) is 48.7 Å². The Hall–Kier alpha value is -4.53. The second-order valence-corrected chi connectivity index (χ2v) is 9.13. The minimum absolute atomic E-state index is 0.0184. The smallest absolute Gasteiger partial charge is 0.258 e. The molecule has 9 heteroatoms. The molecule has 0 radical (unpaired) electrons. The van der Waals surface area contributed by atoms with Crippen molar-refractivity contribution < 1.29 is 9.59 Å². The number of rotatable bonds is 4. The Morgan fingerprint density at radius 2 is 1.97 bits per heavy atom. The largest absolute Gasteiger partial charge is 0.383 e. The molecule has 2 N–H and O–H groups in total. The minimum Gasteiger partial charge on any atom is -0.383 e. The van der Waals surface area contributed by atoms with Gasteiger partial charge in [0.1, 0.15) is 17.8 Å². The van der Waals surface area contributed by atoms with E-state index >= 15 is 0 Å². The molecule has 4 aromatic rings. The lowest BCUT2D eigenvalue weighted by Gasteiger charge is -2.32. The number of nitrogens with two attached hydrogens (primary N) is 1. The van der Waals surface area contributed by atoms with Gasteiger partial charge in [-0.15, -0.1) is 0 Å². The van der Waals surface area contributed by atoms with E-state index < -0.39 is 0 Å². The van der Waals surface area contributed by atoms with Crippen LogP contribution in [0.4, 0.5) is 11.5 Å². The van der Waals surface area contributed by atoms with Crippen molar-refractivity contribution in [3.63, 3.8) is 0 Å². The van der Waals surface area contributed by atoms with Crippen LogP contribution in [-0.2, 0) is 11.3 Å². The van der Waals surface area contributed by atoms with Gasteiger partial charge in [0.25, 0.3) is 5.91 Å². The monoisotopic (exact) mass is 479 g/mol. The SMILES string of the molecule is C=CC(=O)N1CCC[C@@H](n2nc(-c3ccc4c(c3)CN(c3ccccc3)C4=O)c3c(N)ncnc32)C1. The Bertz CT molecular complexity index is 1510. The molecule has 36 heavy (non-hydrogen) atoms. The average molecular weight is 480 g/mol. The van der Waals surface area contributed by atoms with E-state index in [4.69, 9.17) is 10.8 Å². The molecule has 6 rings (SSSR count). The number of hydrogen-bond acceptors (Lipinski definition) is 6. The number of nitrogen functional groups attached to an aromatic ring is 1. The average Bonchev–Trinajstić information content (AvgIpc) is 3.47. The van der Waals surface area contributed by atoms with E-state index in [1.54, 1.807) is 9.80 Å². The summed E-state index contributed by atoms with van der Waals surface area (Å²) >= 11 is 0. The summed E-state index contributed by atoms with van der Waals surface area (Å²) in [5.74, 6) is 0.241. The predicted molar refractivity (Wildman–Crippen MR) is 137 cm³/mol. The molecule has 1 atom stereocenters. The van der Waals surface area contributed by atoms with Gasteiger partial charge in [-0.3, -0.25) is 9.59 Å². The second-order valence-electron chi connectivity index (χ2n) is 9.13. The molecule has 2 amide bonds. The fourth-order valence-electron chi connectivity index (χ4n) is 5.22. The first-order chi connectivity index (χ1) is 17.5. The Morgan fingerprint density at radius 1 is 1.14 bits per heavy atom. The summed E-state index contributed by atoms with van der Waals surface area (Å²) < 4.78 is 1.87. The van der Waals surface area contributed by atoms with Crippen molar-refractivity contribution in [2.45, 2.75) is 25.4 Å². The van der Waals surface area contributed by atoms with E-state index in [2.05, 4.69) is 16.5 Å². The van der Waals surface area contributed by atoms with Gasteiger partial charge in [-0.2, -0.15) is 5.10 Å². The van der Waals surface area contributed by atoms with E-state index in [0.29, 0.717) is 47.7 Å². The number of piperidine rings is 1. The number of fused-ring (bicyclic) bond motifs is 2. The van der Waals surface area contributed by atoms with Crippen molar-refractivity contribution in [3.05, 3.63) is 78.6 Å². The van der Waals surface area contributed by atoms with Crippen LogP contribution in [0.15, 0.2) is 67.5 Å². The topological polar surface area (TPSA) is 110 Å². The number of hydrogen-bond donors (Lipinski definition) is 1. The molecule has 4 heterocycles. The van der Waals surface area contributed by atoms with Crippen molar-refractivity contribution in [1.82, 2.24) is 24.6 Å². The zero-order chi connectivity index (χ0) is 24.8. The maximum Gasteiger partial charge on any atom is 0.258 e. The summed E-state index contributed by atoms with van der Waals surface area (Å²) in [6, 6.07) is 15.4. The van der Waals surface area contributed by atoms with Crippen LogP contribution in [0.1, 0.15) is 34.8 Å². The van der Waals surface area contributed by atoms with Crippen molar-refractivity contribution >= 4 is 34.4 Å². The summed E-state index contributed by atoms with van der Waals surface area (Å²) in [6.07, 6.45) is 4.51. The van der Waals surface area contributed by atoms with Gasteiger partial charge in [-0.25, -0.2) is 14.6 Å². The molecule has 0 aliphatic carbocycles. The molecule has 0 bridgehead atoms. The van der Waals surface area contributed by atoms with Crippen LogP contribution < -0.4 is 10.6 Å². The van der Waals surface area contributed by atoms with Crippen molar-refractivity contribution in [2.75, 3.05) is 23.7 Å². The third-order valence-electron chi connectivity index (χ3n) is 7.00. The molecule has 2 aromatic heterocycles. The zero-order valence-corrected chi connectivity index (χ0v) is 19.7. The van der Waals surface area contributed by atoms with Crippen molar-refractivity contribution in [3.8, 4) is 11.3 Å². The maximum atomic E-state index is 13.1. The second kappa shape index (κ2) is 8.60. The molecule has 2 aromatic carbocycles. The molecule has 0 spiro atoms. The molecule has 1 saturated heterocycles. The number of amides is 2. The normalized spacial score (nSPS) is 17.4. The highest BCUT2D eigenvalue weighted by Crippen LogP contribution is 2.36. The first kappa shape index (κ1) is 22.0. The van der Waals surface area contributed by atoms with Gasteiger partial charge in [0, 0.05) is 29.9 Å². The summed E-state index contributed by atoms with van der Waals surface area (Å²) in [6.45, 7) is 5.32. The van der Waals surface area contributed by atoms with E-state index in [9.17, 15) is 9.59 Å². The lowest BCUT2D eigenvalue weighted by Crippen LogP contribution is -2.40. The van der Waals surface area contributed by atoms with Crippen LogP contribution in [0.5, 0.6) is 0 Å². The third-order valence-corrected chi connectivity index (χ3v) is 7.00. The zero-order valence-electron chi connectivity index (χ0n) is 19.7. The number of para-hydroxylation sites is 1. The number of aromatic nitrogens is 4. The minimum atomic E-state index is -0.0863. The van der Waals surface area contributed by atoms with Gasteiger partial charge >= 0.3 is 0 Å². The third kappa shape index (κ3) is 3.51. The van der Waals surface area contributed by atoms with Crippen LogP contribution >= 0.6 is 0 Å². The summed E-state index contributed by atoms with van der Waals surface area (Å²) in [7, 11) is 0. The van der Waals surface area contributed by atoms with Gasteiger partial charge < -0.3 is 15.5 Å². The van der Waals surface area contributed by atoms with Gasteiger partial charge in [-0.1, -0.05) is 30.8 Å². The lowest BCUT2D eigenvalue weighted by molar-refractivity contribution is -0.127. The number of likely N-dealkylation sites (tertiary alicyclic amines) is 1. The highest BCUT2D eigenvalue weighted by Gasteiger charge is 2.31. The van der Waals surface area contributed by atoms with E-state index in [0.717, 1.165) is 29.7 Å². The van der Waals surface area contributed by atoms with Crippen LogP contribution in [0.3, 0.4) is 0 Å². The predicted octanol–water partition coefficient (Wildman–Crippen LogP) is 3.59. The van der Waals surface area contributed by atoms with E-state index in [1.165, 1.54) is 12.4 Å². The Labute approximate surface area is 207 Å². The molecular weight excluding hydrogens is 454 g/mol. The number of carbonyl (C=O) groups is 2. The molecule has 0 unspecified atom stereocenters.